The zero-order valence-electron chi connectivity index (χ0n) is 12.8. The molecule has 9 heteroatoms. The summed E-state index contributed by atoms with van der Waals surface area (Å²) in [7, 11) is 0. The van der Waals surface area contributed by atoms with Crippen LogP contribution in [0.2, 0.25) is 0 Å². The van der Waals surface area contributed by atoms with Gasteiger partial charge in [0.2, 0.25) is 0 Å². The molecule has 1 aromatic carbocycles. The molecule has 1 aromatic heterocycles. The van der Waals surface area contributed by atoms with E-state index in [1.807, 2.05) is 0 Å². The second kappa shape index (κ2) is 7.82. The highest BCUT2D eigenvalue weighted by molar-refractivity contribution is 9.10. The third-order valence-corrected chi connectivity index (χ3v) is 4.39. The Kier molecular flexibility index (Phi) is 5.54. The maximum Gasteiger partial charge on any atom is 0.157 e. The lowest BCUT2D eigenvalue weighted by Gasteiger charge is -2.25. The summed E-state index contributed by atoms with van der Waals surface area (Å²) in [6.45, 7) is 3.47. The quantitative estimate of drug-likeness (QED) is 0.472. The van der Waals surface area contributed by atoms with Crippen LogP contribution in [0.25, 0.3) is 0 Å². The molecule has 1 aliphatic rings. The normalized spacial score (nSPS) is 16.5. The largest absolute Gasteiger partial charge is 0.411 e. The summed E-state index contributed by atoms with van der Waals surface area (Å²) < 4.78 is 23.8. The van der Waals surface area contributed by atoms with Crippen LogP contribution in [0.15, 0.2) is 32.5 Å². The number of aromatic nitrogens is 2. The predicted molar refractivity (Wildman–Crippen MR) is 86.5 cm³/mol. The number of nitrogens with zero attached hydrogens (tertiary/aromatic N) is 4. The first-order valence-corrected chi connectivity index (χ1v) is 8.23. The molecule has 0 radical (unpaired) electrons. The number of oxime groups is 1. The molecule has 0 atom stereocenters. The van der Waals surface area contributed by atoms with E-state index in [1.165, 1.54) is 6.07 Å². The van der Waals surface area contributed by atoms with Gasteiger partial charge >= 0.3 is 0 Å². The average molecular weight is 399 g/mol. The third-order valence-electron chi connectivity index (χ3n) is 3.78. The molecule has 0 bridgehead atoms. The van der Waals surface area contributed by atoms with E-state index in [2.05, 4.69) is 36.3 Å². The van der Waals surface area contributed by atoms with Gasteiger partial charge < -0.3 is 9.94 Å². The Hall–Kier alpha value is -1.84. The van der Waals surface area contributed by atoms with Crippen LogP contribution in [0.1, 0.15) is 17.0 Å². The van der Waals surface area contributed by atoms with Crippen LogP contribution in [0.4, 0.5) is 4.39 Å². The minimum atomic E-state index is -0.350. The molecular weight excluding hydrogens is 383 g/mol. The Morgan fingerprint density at radius 2 is 2.12 bits per heavy atom. The molecule has 128 valence electrons. The van der Waals surface area contributed by atoms with Crippen molar-refractivity contribution in [2.45, 2.75) is 13.0 Å². The van der Waals surface area contributed by atoms with E-state index in [1.54, 1.807) is 12.1 Å². The molecule has 0 saturated carbocycles. The molecule has 1 N–H and O–H groups in total. The van der Waals surface area contributed by atoms with Crippen molar-refractivity contribution >= 4 is 21.6 Å². The first kappa shape index (κ1) is 17.0. The van der Waals surface area contributed by atoms with E-state index < -0.39 is 0 Å². The van der Waals surface area contributed by atoms with Crippen LogP contribution in [-0.2, 0) is 17.7 Å². The summed E-state index contributed by atoms with van der Waals surface area (Å²) in [5, 5.41) is 20.5. The van der Waals surface area contributed by atoms with Crippen molar-refractivity contribution in [2.75, 3.05) is 26.3 Å². The molecule has 2 heterocycles. The second-order valence-electron chi connectivity index (χ2n) is 5.42. The number of morpholine rings is 1. The third kappa shape index (κ3) is 3.97. The van der Waals surface area contributed by atoms with E-state index in [4.69, 9.17) is 9.37 Å². The summed E-state index contributed by atoms with van der Waals surface area (Å²) >= 11 is 3.14. The Balaban J connectivity index is 1.76. The minimum absolute atomic E-state index is 0.277. The molecule has 1 saturated heterocycles. The smallest absolute Gasteiger partial charge is 0.157 e. The van der Waals surface area contributed by atoms with Gasteiger partial charge in [-0.1, -0.05) is 16.4 Å². The zero-order valence-corrected chi connectivity index (χ0v) is 14.4. The highest BCUT2D eigenvalue weighted by Gasteiger charge is 2.21. The van der Waals surface area contributed by atoms with Crippen molar-refractivity contribution in [3.8, 4) is 0 Å². The lowest BCUT2D eigenvalue weighted by atomic mass is 10.0. The van der Waals surface area contributed by atoms with Gasteiger partial charge in [0.25, 0.3) is 0 Å². The number of rotatable bonds is 5. The molecule has 0 unspecified atom stereocenters. The van der Waals surface area contributed by atoms with Crippen LogP contribution in [-0.4, -0.2) is 52.4 Å². The van der Waals surface area contributed by atoms with Crippen LogP contribution >= 0.6 is 15.9 Å². The fraction of sp³-hybridized carbons (Fsp3) is 0.400. The predicted octanol–water partition coefficient (Wildman–Crippen LogP) is 2.22. The number of benzene rings is 1. The maximum absolute atomic E-state index is 13.3. The molecule has 0 aliphatic carbocycles. The van der Waals surface area contributed by atoms with E-state index in [0.717, 1.165) is 18.7 Å². The van der Waals surface area contributed by atoms with Gasteiger partial charge in [-0.2, -0.15) is 0 Å². The van der Waals surface area contributed by atoms with E-state index >= 15 is 0 Å². The molecule has 3 rings (SSSR count). The van der Waals surface area contributed by atoms with Crippen LogP contribution < -0.4 is 0 Å². The average Bonchev–Trinajstić information content (AvgIpc) is 3.05. The molecule has 0 amide bonds. The number of hydrogen-bond acceptors (Lipinski definition) is 7. The van der Waals surface area contributed by atoms with Gasteiger partial charge in [0, 0.05) is 26.1 Å². The summed E-state index contributed by atoms with van der Waals surface area (Å²) in [6, 6.07) is 4.61. The Labute approximate surface area is 146 Å². The van der Waals surface area contributed by atoms with Crippen molar-refractivity contribution < 1.29 is 19.0 Å². The van der Waals surface area contributed by atoms with E-state index in [9.17, 15) is 9.60 Å². The van der Waals surface area contributed by atoms with E-state index in [0.29, 0.717) is 41.3 Å². The first-order chi connectivity index (χ1) is 11.7. The second-order valence-corrected chi connectivity index (χ2v) is 6.27. The Bertz CT molecular complexity index is 731. The fourth-order valence-corrected chi connectivity index (χ4v) is 2.94. The number of halogens is 2. The lowest BCUT2D eigenvalue weighted by Crippen LogP contribution is -2.36. The van der Waals surface area contributed by atoms with Gasteiger partial charge in [-0.25, -0.2) is 9.02 Å². The van der Waals surface area contributed by atoms with Crippen molar-refractivity contribution in [3.05, 3.63) is 45.4 Å². The zero-order chi connectivity index (χ0) is 16.9. The van der Waals surface area contributed by atoms with Gasteiger partial charge in [-0.3, -0.25) is 4.90 Å². The van der Waals surface area contributed by atoms with Gasteiger partial charge in [0.15, 0.2) is 5.69 Å². The summed E-state index contributed by atoms with van der Waals surface area (Å²) in [6.07, 6.45) is 0.277. The fourth-order valence-electron chi connectivity index (χ4n) is 2.51. The Morgan fingerprint density at radius 1 is 1.33 bits per heavy atom. The van der Waals surface area contributed by atoms with Crippen molar-refractivity contribution in [1.29, 1.82) is 0 Å². The molecule has 1 aliphatic heterocycles. The topological polar surface area (TPSA) is 84.0 Å². The van der Waals surface area contributed by atoms with Crippen LogP contribution in [0.3, 0.4) is 0 Å². The SMILES string of the molecule is ON=C(Cc1ccc(F)c(Br)c1)c1nonc1CN1CCOCC1. The molecule has 0 spiro atoms. The molecule has 2 aromatic rings. The van der Waals surface area contributed by atoms with Gasteiger partial charge in [-0.15, -0.1) is 0 Å². The van der Waals surface area contributed by atoms with Gasteiger partial charge in [0.05, 0.1) is 17.7 Å². The van der Waals surface area contributed by atoms with Gasteiger partial charge in [-0.05, 0) is 38.8 Å². The molecule has 1 fully saturated rings. The van der Waals surface area contributed by atoms with E-state index in [-0.39, 0.29) is 12.2 Å². The molecule has 7 nitrogen and oxygen atoms in total. The Morgan fingerprint density at radius 3 is 2.83 bits per heavy atom. The maximum atomic E-state index is 13.3. The van der Waals surface area contributed by atoms with Gasteiger partial charge in [0.1, 0.15) is 17.2 Å². The highest BCUT2D eigenvalue weighted by atomic mass is 79.9. The van der Waals surface area contributed by atoms with Crippen molar-refractivity contribution in [3.63, 3.8) is 0 Å². The molecular formula is C15H16BrFN4O3. The molecule has 24 heavy (non-hydrogen) atoms. The summed E-state index contributed by atoms with van der Waals surface area (Å²) in [5.41, 5.74) is 2.10. The summed E-state index contributed by atoms with van der Waals surface area (Å²) in [4.78, 5) is 2.16. The minimum Gasteiger partial charge on any atom is -0.411 e. The van der Waals surface area contributed by atoms with Crippen LogP contribution in [0, 0.1) is 5.82 Å². The van der Waals surface area contributed by atoms with Crippen molar-refractivity contribution in [1.82, 2.24) is 15.2 Å². The lowest BCUT2D eigenvalue weighted by molar-refractivity contribution is 0.0332. The number of ether oxygens (including phenoxy) is 1. The standard InChI is InChI=1S/C15H16BrFN4O3/c16-11-7-10(1-2-12(11)17)8-13(18-22)15-14(19-24-20-15)9-21-3-5-23-6-4-21/h1-2,7,22H,3-6,8-9H2. The summed E-state index contributed by atoms with van der Waals surface area (Å²) in [5.74, 6) is -0.350. The first-order valence-electron chi connectivity index (χ1n) is 7.44. The monoisotopic (exact) mass is 398 g/mol. The number of hydrogen-bond donors (Lipinski definition) is 1. The van der Waals surface area contributed by atoms with Crippen LogP contribution in [0.5, 0.6) is 0 Å². The van der Waals surface area contributed by atoms with Crippen molar-refractivity contribution in [2.24, 2.45) is 5.16 Å². The highest BCUT2D eigenvalue weighted by Crippen LogP contribution is 2.19.